The number of nitrogen functional groups attached to an aromatic ring is 2. The number of benzene rings is 1. The van der Waals surface area contributed by atoms with Crippen molar-refractivity contribution < 1.29 is 9.18 Å². The fourth-order valence-electron chi connectivity index (χ4n) is 1.54. The molecule has 1 atom stereocenters. The second-order valence-corrected chi connectivity index (χ2v) is 5.57. The van der Waals surface area contributed by atoms with Gasteiger partial charge in [0.2, 0.25) is 5.91 Å². The van der Waals surface area contributed by atoms with Crippen molar-refractivity contribution in [1.29, 1.82) is 0 Å². The summed E-state index contributed by atoms with van der Waals surface area (Å²) in [6.45, 7) is 1.68. The number of hydrogen-bond donors (Lipinski definition) is 3. The third-order valence-electron chi connectivity index (χ3n) is 2.49. The van der Waals surface area contributed by atoms with Gasteiger partial charge in [0, 0.05) is 11.8 Å². The van der Waals surface area contributed by atoms with Crippen molar-refractivity contribution in [1.82, 2.24) is 9.97 Å². The lowest BCUT2D eigenvalue weighted by atomic mass is 10.3. The average Bonchev–Trinajstić information content (AvgIpc) is 2.37. The summed E-state index contributed by atoms with van der Waals surface area (Å²) in [5, 5.41) is 2.44. The Balaban J connectivity index is 2.02. The summed E-state index contributed by atoms with van der Waals surface area (Å²) >= 11 is 1.12. The van der Waals surface area contributed by atoms with Crippen LogP contribution in [0.25, 0.3) is 0 Å². The third kappa shape index (κ3) is 4.32. The Labute approximate surface area is 125 Å². The van der Waals surface area contributed by atoms with Crippen LogP contribution in [0.2, 0.25) is 0 Å². The quantitative estimate of drug-likeness (QED) is 0.588. The molecule has 110 valence electrons. The highest BCUT2D eigenvalue weighted by molar-refractivity contribution is 8.00. The van der Waals surface area contributed by atoms with E-state index in [1.165, 1.54) is 24.3 Å². The van der Waals surface area contributed by atoms with E-state index in [-0.39, 0.29) is 17.5 Å². The molecule has 0 saturated carbocycles. The molecule has 0 aliphatic heterocycles. The molecule has 1 aromatic carbocycles. The number of carbonyl (C=O) groups excluding carboxylic acids is 1. The molecule has 0 bridgehead atoms. The van der Waals surface area contributed by atoms with E-state index < -0.39 is 11.1 Å². The van der Waals surface area contributed by atoms with Gasteiger partial charge in [-0.25, -0.2) is 14.4 Å². The van der Waals surface area contributed by atoms with Crippen molar-refractivity contribution >= 4 is 35.0 Å². The Morgan fingerprint density at radius 3 is 2.57 bits per heavy atom. The zero-order valence-electron chi connectivity index (χ0n) is 11.2. The van der Waals surface area contributed by atoms with E-state index in [1.54, 1.807) is 13.0 Å². The SMILES string of the molecule is CC(Sc1nc(N)cc(N)n1)C(=O)Nc1cccc(F)c1. The lowest BCUT2D eigenvalue weighted by Crippen LogP contribution is -2.22. The molecule has 2 rings (SSSR count). The molecule has 0 aliphatic rings. The first-order valence-electron chi connectivity index (χ1n) is 6.07. The first-order chi connectivity index (χ1) is 9.94. The average molecular weight is 307 g/mol. The fraction of sp³-hybridized carbons (Fsp3) is 0.154. The van der Waals surface area contributed by atoms with Gasteiger partial charge in [-0.3, -0.25) is 4.79 Å². The summed E-state index contributed by atoms with van der Waals surface area (Å²) in [6, 6.07) is 7.10. The largest absolute Gasteiger partial charge is 0.383 e. The minimum Gasteiger partial charge on any atom is -0.383 e. The number of anilines is 3. The van der Waals surface area contributed by atoms with Crippen molar-refractivity contribution in [3.63, 3.8) is 0 Å². The van der Waals surface area contributed by atoms with Gasteiger partial charge in [-0.1, -0.05) is 17.8 Å². The van der Waals surface area contributed by atoms with Crippen LogP contribution in [0, 0.1) is 5.82 Å². The molecule has 0 fully saturated rings. The molecule has 1 amide bonds. The maximum absolute atomic E-state index is 13.1. The van der Waals surface area contributed by atoms with E-state index in [1.807, 2.05) is 0 Å². The van der Waals surface area contributed by atoms with E-state index in [2.05, 4.69) is 15.3 Å². The molecule has 21 heavy (non-hydrogen) atoms. The van der Waals surface area contributed by atoms with Crippen LogP contribution in [-0.4, -0.2) is 21.1 Å². The Morgan fingerprint density at radius 2 is 1.95 bits per heavy atom. The summed E-state index contributed by atoms with van der Waals surface area (Å²) < 4.78 is 13.1. The lowest BCUT2D eigenvalue weighted by Gasteiger charge is -2.11. The molecule has 0 radical (unpaired) electrons. The highest BCUT2D eigenvalue weighted by Gasteiger charge is 2.17. The molecule has 6 nitrogen and oxygen atoms in total. The first kappa shape index (κ1) is 15.0. The minimum atomic E-state index is -0.491. The molecule has 8 heteroatoms. The number of aromatic nitrogens is 2. The molecule has 0 aliphatic carbocycles. The van der Waals surface area contributed by atoms with Crippen LogP contribution in [0.3, 0.4) is 0 Å². The number of carbonyl (C=O) groups is 1. The van der Waals surface area contributed by atoms with Crippen molar-refractivity contribution in [2.75, 3.05) is 16.8 Å². The third-order valence-corrected chi connectivity index (χ3v) is 3.45. The van der Waals surface area contributed by atoms with Crippen molar-refractivity contribution in [2.24, 2.45) is 0 Å². The number of nitrogens with one attached hydrogen (secondary N) is 1. The van der Waals surface area contributed by atoms with E-state index in [4.69, 9.17) is 11.5 Å². The summed E-state index contributed by atoms with van der Waals surface area (Å²) in [6.07, 6.45) is 0. The number of thioether (sulfide) groups is 1. The molecule has 5 N–H and O–H groups in total. The van der Waals surface area contributed by atoms with Gasteiger partial charge in [0.1, 0.15) is 17.5 Å². The zero-order valence-corrected chi connectivity index (χ0v) is 12.0. The second kappa shape index (κ2) is 6.40. The normalized spacial score (nSPS) is 11.9. The molecular formula is C13H14FN5OS. The van der Waals surface area contributed by atoms with Crippen LogP contribution in [0.1, 0.15) is 6.92 Å². The lowest BCUT2D eigenvalue weighted by molar-refractivity contribution is -0.115. The monoisotopic (exact) mass is 307 g/mol. The molecule has 0 spiro atoms. The second-order valence-electron chi connectivity index (χ2n) is 4.26. The standard InChI is InChI=1S/C13H14FN5OS/c1-7(21-13-18-10(15)6-11(16)19-13)12(20)17-9-4-2-3-8(14)5-9/h2-7H,1H3,(H,17,20)(H4,15,16,18,19). The number of hydrogen-bond acceptors (Lipinski definition) is 6. The van der Waals surface area contributed by atoms with Gasteiger partial charge in [-0.2, -0.15) is 0 Å². The highest BCUT2D eigenvalue weighted by Crippen LogP contribution is 2.22. The van der Waals surface area contributed by atoms with E-state index in [9.17, 15) is 9.18 Å². The van der Waals surface area contributed by atoms with Gasteiger partial charge in [0.15, 0.2) is 5.16 Å². The number of amides is 1. The summed E-state index contributed by atoms with van der Waals surface area (Å²) in [7, 11) is 0. The van der Waals surface area contributed by atoms with Crippen LogP contribution in [0.4, 0.5) is 21.7 Å². The maximum atomic E-state index is 13.1. The van der Waals surface area contributed by atoms with Gasteiger partial charge in [0.25, 0.3) is 0 Å². The first-order valence-corrected chi connectivity index (χ1v) is 6.95. The maximum Gasteiger partial charge on any atom is 0.237 e. The van der Waals surface area contributed by atoms with Crippen LogP contribution in [-0.2, 0) is 4.79 Å². The Bertz CT molecular complexity index is 647. The Kier molecular flexibility index (Phi) is 4.59. The van der Waals surface area contributed by atoms with E-state index >= 15 is 0 Å². The van der Waals surface area contributed by atoms with Crippen molar-refractivity contribution in [3.05, 3.63) is 36.1 Å². The van der Waals surface area contributed by atoms with Gasteiger partial charge < -0.3 is 16.8 Å². The van der Waals surface area contributed by atoms with Crippen LogP contribution in [0.15, 0.2) is 35.5 Å². The van der Waals surface area contributed by atoms with Crippen LogP contribution in [0.5, 0.6) is 0 Å². The van der Waals surface area contributed by atoms with Gasteiger partial charge >= 0.3 is 0 Å². The minimum absolute atomic E-state index is 0.239. The van der Waals surface area contributed by atoms with Crippen molar-refractivity contribution in [3.8, 4) is 0 Å². The van der Waals surface area contributed by atoms with Gasteiger partial charge in [-0.05, 0) is 25.1 Å². The molecule has 2 aromatic rings. The molecule has 1 aromatic heterocycles. The highest BCUT2D eigenvalue weighted by atomic mass is 32.2. The number of nitrogens with zero attached hydrogens (tertiary/aromatic N) is 2. The topological polar surface area (TPSA) is 107 Å². The van der Waals surface area contributed by atoms with E-state index in [0.717, 1.165) is 11.8 Å². The summed E-state index contributed by atoms with van der Waals surface area (Å²) in [5.74, 6) is -0.235. The number of nitrogens with two attached hydrogens (primary N) is 2. The Morgan fingerprint density at radius 1 is 1.29 bits per heavy atom. The fourth-order valence-corrected chi connectivity index (χ4v) is 2.33. The van der Waals surface area contributed by atoms with Crippen molar-refractivity contribution in [2.45, 2.75) is 17.3 Å². The molecule has 0 saturated heterocycles. The Hall–Kier alpha value is -2.35. The van der Waals surface area contributed by atoms with E-state index in [0.29, 0.717) is 10.8 Å². The number of rotatable bonds is 4. The van der Waals surface area contributed by atoms with Gasteiger partial charge in [0.05, 0.1) is 5.25 Å². The summed E-state index contributed by atoms with van der Waals surface area (Å²) in [4.78, 5) is 20.0. The predicted molar refractivity (Wildman–Crippen MR) is 81.2 cm³/mol. The number of halogens is 1. The molecule has 1 unspecified atom stereocenters. The van der Waals surface area contributed by atoms with Crippen LogP contribution >= 0.6 is 11.8 Å². The molecule has 1 heterocycles. The van der Waals surface area contributed by atoms with Crippen LogP contribution < -0.4 is 16.8 Å². The van der Waals surface area contributed by atoms with Gasteiger partial charge in [-0.15, -0.1) is 0 Å². The predicted octanol–water partition coefficient (Wildman–Crippen LogP) is 1.90. The smallest absolute Gasteiger partial charge is 0.237 e. The molecular weight excluding hydrogens is 293 g/mol. The zero-order chi connectivity index (χ0) is 15.4. The summed E-state index contributed by atoms with van der Waals surface area (Å²) in [5.41, 5.74) is 11.5.